The number of hydrogen-bond donors (Lipinski definition) is 1. The van der Waals surface area contributed by atoms with Crippen LogP contribution < -0.4 is 5.43 Å². The molecule has 0 aromatic carbocycles. The molecule has 0 radical (unpaired) electrons. The Bertz CT molecular complexity index is 350. The van der Waals surface area contributed by atoms with Gasteiger partial charge < -0.3 is 9.52 Å². The Morgan fingerprint density at radius 1 is 1.42 bits per heavy atom. The van der Waals surface area contributed by atoms with Crippen LogP contribution in [0.25, 0.3) is 0 Å². The predicted molar refractivity (Wildman–Crippen MR) is 45.5 cm³/mol. The van der Waals surface area contributed by atoms with Gasteiger partial charge in [0.25, 0.3) is 0 Å². The Morgan fingerprint density at radius 2 is 2.00 bits per heavy atom. The molecule has 1 N–H and O–H groups in total. The van der Waals surface area contributed by atoms with Gasteiger partial charge in [0.1, 0.15) is 11.5 Å². The van der Waals surface area contributed by atoms with Crippen LogP contribution in [0.3, 0.4) is 0 Å². The number of hydrogen-bond acceptors (Lipinski definition) is 3. The van der Waals surface area contributed by atoms with Crippen LogP contribution in [0, 0.1) is 13.8 Å². The molecule has 0 saturated heterocycles. The quantitative estimate of drug-likeness (QED) is 0.691. The molecule has 0 amide bonds. The van der Waals surface area contributed by atoms with Crippen LogP contribution in [0.5, 0.6) is 5.75 Å². The van der Waals surface area contributed by atoms with E-state index in [0.29, 0.717) is 23.5 Å². The van der Waals surface area contributed by atoms with Crippen molar-refractivity contribution >= 4 is 0 Å². The highest BCUT2D eigenvalue weighted by molar-refractivity contribution is 5.30. The molecule has 1 heterocycles. The van der Waals surface area contributed by atoms with Gasteiger partial charge >= 0.3 is 0 Å². The smallest absolute Gasteiger partial charge is 0.229 e. The third-order valence-corrected chi connectivity index (χ3v) is 1.95. The zero-order valence-electron chi connectivity index (χ0n) is 7.47. The molecule has 0 spiro atoms. The van der Waals surface area contributed by atoms with Crippen LogP contribution in [-0.2, 0) is 6.42 Å². The van der Waals surface area contributed by atoms with E-state index in [2.05, 4.69) is 0 Å². The highest BCUT2D eigenvalue weighted by atomic mass is 16.4. The highest BCUT2D eigenvalue weighted by Crippen LogP contribution is 2.16. The Morgan fingerprint density at radius 3 is 2.50 bits per heavy atom. The molecule has 0 aliphatic heterocycles. The standard InChI is InChI=1S/C9H12O3/c1-4-7-9(11)8(10)5(2)6(3)12-7/h11H,4H2,1-3H3. The van der Waals surface area contributed by atoms with E-state index in [-0.39, 0.29) is 11.2 Å². The van der Waals surface area contributed by atoms with Crippen LogP contribution in [-0.4, -0.2) is 5.11 Å². The molecule has 3 nitrogen and oxygen atoms in total. The molecule has 12 heavy (non-hydrogen) atoms. The maximum absolute atomic E-state index is 11.3. The van der Waals surface area contributed by atoms with E-state index in [1.165, 1.54) is 0 Å². The third kappa shape index (κ3) is 1.22. The first kappa shape index (κ1) is 8.84. The van der Waals surface area contributed by atoms with Crippen LogP contribution in [0.4, 0.5) is 0 Å². The van der Waals surface area contributed by atoms with Crippen LogP contribution in [0.2, 0.25) is 0 Å². The van der Waals surface area contributed by atoms with E-state index >= 15 is 0 Å². The number of aromatic hydroxyl groups is 1. The molecule has 0 unspecified atom stereocenters. The Hall–Kier alpha value is -1.25. The minimum Gasteiger partial charge on any atom is -0.502 e. The second kappa shape index (κ2) is 3.01. The van der Waals surface area contributed by atoms with Crippen molar-refractivity contribution in [3.05, 3.63) is 27.3 Å². The zero-order chi connectivity index (χ0) is 9.30. The zero-order valence-corrected chi connectivity index (χ0v) is 7.47. The van der Waals surface area contributed by atoms with Gasteiger partial charge in [-0.2, -0.15) is 0 Å². The van der Waals surface area contributed by atoms with E-state index in [1.807, 2.05) is 6.92 Å². The molecule has 1 aromatic heterocycles. The third-order valence-electron chi connectivity index (χ3n) is 1.95. The van der Waals surface area contributed by atoms with Crippen LogP contribution in [0.15, 0.2) is 9.21 Å². The molecule has 0 fully saturated rings. The summed E-state index contributed by atoms with van der Waals surface area (Å²) in [5.41, 5.74) is 0.153. The second-order valence-electron chi connectivity index (χ2n) is 2.74. The first-order valence-corrected chi connectivity index (χ1v) is 3.90. The predicted octanol–water partition coefficient (Wildman–Crippen LogP) is 1.52. The molecule has 0 aliphatic carbocycles. The van der Waals surface area contributed by atoms with Gasteiger partial charge in [0.05, 0.1) is 0 Å². The van der Waals surface area contributed by atoms with E-state index in [1.54, 1.807) is 13.8 Å². The Balaban J connectivity index is 3.50. The summed E-state index contributed by atoms with van der Waals surface area (Å²) in [4.78, 5) is 11.3. The SMILES string of the molecule is CCc1oc(C)c(C)c(=O)c1O. The number of aryl methyl sites for hydroxylation is 2. The van der Waals surface area contributed by atoms with Crippen molar-refractivity contribution in [1.82, 2.24) is 0 Å². The molecule has 1 aromatic rings. The lowest BCUT2D eigenvalue weighted by atomic mass is 10.2. The fourth-order valence-corrected chi connectivity index (χ4v) is 1.01. The van der Waals surface area contributed by atoms with E-state index in [9.17, 15) is 9.90 Å². The molecule has 66 valence electrons. The van der Waals surface area contributed by atoms with E-state index in [0.717, 1.165) is 0 Å². The maximum atomic E-state index is 11.3. The van der Waals surface area contributed by atoms with Crippen LogP contribution in [0.1, 0.15) is 24.0 Å². The van der Waals surface area contributed by atoms with Gasteiger partial charge in [0.15, 0.2) is 0 Å². The lowest BCUT2D eigenvalue weighted by Crippen LogP contribution is -2.08. The van der Waals surface area contributed by atoms with Crippen molar-refractivity contribution in [3.63, 3.8) is 0 Å². The van der Waals surface area contributed by atoms with Gasteiger partial charge in [-0.3, -0.25) is 4.79 Å². The van der Waals surface area contributed by atoms with Crippen molar-refractivity contribution in [2.24, 2.45) is 0 Å². The first-order valence-electron chi connectivity index (χ1n) is 3.90. The minimum absolute atomic E-state index is 0.249. The van der Waals surface area contributed by atoms with Gasteiger partial charge in [0, 0.05) is 12.0 Å². The van der Waals surface area contributed by atoms with Crippen molar-refractivity contribution in [3.8, 4) is 5.75 Å². The molecule has 1 rings (SSSR count). The summed E-state index contributed by atoms with van der Waals surface area (Å²) in [6.45, 7) is 5.18. The summed E-state index contributed by atoms with van der Waals surface area (Å²) in [6.07, 6.45) is 0.530. The minimum atomic E-state index is -0.324. The normalized spacial score (nSPS) is 10.2. The summed E-state index contributed by atoms with van der Waals surface area (Å²) in [7, 11) is 0. The Kier molecular flexibility index (Phi) is 2.22. The average molecular weight is 168 g/mol. The van der Waals surface area contributed by atoms with Gasteiger partial charge in [-0.1, -0.05) is 6.92 Å². The second-order valence-corrected chi connectivity index (χ2v) is 2.74. The lowest BCUT2D eigenvalue weighted by Gasteiger charge is -2.03. The van der Waals surface area contributed by atoms with E-state index < -0.39 is 0 Å². The molecule has 0 atom stereocenters. The summed E-state index contributed by atoms with van der Waals surface area (Å²) < 4.78 is 5.22. The van der Waals surface area contributed by atoms with Gasteiger partial charge in [0.2, 0.25) is 11.2 Å². The molecule has 0 saturated carbocycles. The molecular weight excluding hydrogens is 156 g/mol. The molecule has 3 heteroatoms. The summed E-state index contributed by atoms with van der Waals surface area (Å²) in [5.74, 6) is 0.693. The van der Waals surface area contributed by atoms with Crippen molar-refractivity contribution in [2.75, 3.05) is 0 Å². The molecule has 0 aliphatic rings. The number of rotatable bonds is 1. The topological polar surface area (TPSA) is 50.4 Å². The average Bonchev–Trinajstić information content (AvgIpc) is 2.08. The Labute approximate surface area is 70.7 Å². The summed E-state index contributed by atoms with van der Waals surface area (Å²) in [6, 6.07) is 0. The van der Waals surface area contributed by atoms with Crippen molar-refractivity contribution in [1.29, 1.82) is 0 Å². The van der Waals surface area contributed by atoms with Crippen molar-refractivity contribution < 1.29 is 9.52 Å². The fraction of sp³-hybridized carbons (Fsp3) is 0.444. The van der Waals surface area contributed by atoms with Gasteiger partial charge in [-0.15, -0.1) is 0 Å². The maximum Gasteiger partial charge on any atom is 0.229 e. The monoisotopic (exact) mass is 168 g/mol. The summed E-state index contributed by atoms with van der Waals surface area (Å²) >= 11 is 0. The summed E-state index contributed by atoms with van der Waals surface area (Å²) in [5, 5.41) is 9.30. The van der Waals surface area contributed by atoms with Crippen LogP contribution >= 0.6 is 0 Å². The highest BCUT2D eigenvalue weighted by Gasteiger charge is 2.11. The van der Waals surface area contributed by atoms with Gasteiger partial charge in [-0.05, 0) is 13.8 Å². The van der Waals surface area contributed by atoms with Crippen molar-refractivity contribution in [2.45, 2.75) is 27.2 Å². The van der Waals surface area contributed by atoms with E-state index in [4.69, 9.17) is 4.42 Å². The lowest BCUT2D eigenvalue weighted by molar-refractivity contribution is 0.388. The molecule has 0 bridgehead atoms. The largest absolute Gasteiger partial charge is 0.502 e. The van der Waals surface area contributed by atoms with Gasteiger partial charge in [-0.25, -0.2) is 0 Å². The fourth-order valence-electron chi connectivity index (χ4n) is 1.01. The first-order chi connectivity index (χ1) is 5.57. The molecular formula is C9H12O3.